The van der Waals surface area contributed by atoms with Crippen molar-refractivity contribution in [1.82, 2.24) is 0 Å². The van der Waals surface area contributed by atoms with Crippen LogP contribution in [0.15, 0.2) is 12.1 Å². The Hall–Kier alpha value is -1.82. The number of halogens is 1. The van der Waals surface area contributed by atoms with Crippen molar-refractivity contribution in [1.29, 1.82) is 0 Å². The molecule has 0 aliphatic carbocycles. The van der Waals surface area contributed by atoms with Crippen LogP contribution in [0.4, 0.5) is 5.69 Å². The van der Waals surface area contributed by atoms with Gasteiger partial charge in [-0.2, -0.15) is 0 Å². The SMILES string of the molecule is O=C(Cl)c1cc([N+](=O)[O-])cc(O)c1O. The van der Waals surface area contributed by atoms with Crippen LogP contribution in [-0.2, 0) is 0 Å². The van der Waals surface area contributed by atoms with Crippen molar-refractivity contribution in [3.05, 3.63) is 27.8 Å². The maximum atomic E-state index is 10.7. The molecule has 0 saturated heterocycles. The van der Waals surface area contributed by atoms with Crippen LogP contribution in [0.2, 0.25) is 0 Å². The topological polar surface area (TPSA) is 101 Å². The summed E-state index contributed by atoms with van der Waals surface area (Å²) in [5, 5.41) is 27.3. The minimum atomic E-state index is -1.08. The van der Waals surface area contributed by atoms with E-state index in [-0.39, 0.29) is 0 Å². The lowest BCUT2D eigenvalue weighted by molar-refractivity contribution is -0.385. The lowest BCUT2D eigenvalue weighted by Crippen LogP contribution is -1.94. The summed E-state index contributed by atoms with van der Waals surface area (Å²) in [5.74, 6) is -1.53. The van der Waals surface area contributed by atoms with Gasteiger partial charge in [0.2, 0.25) is 0 Å². The predicted octanol–water partition coefficient (Wildman–Crippen LogP) is 1.38. The van der Waals surface area contributed by atoms with E-state index in [1.165, 1.54) is 0 Å². The zero-order chi connectivity index (χ0) is 10.9. The Morgan fingerprint density at radius 3 is 2.43 bits per heavy atom. The summed E-state index contributed by atoms with van der Waals surface area (Å²) in [7, 11) is 0. The van der Waals surface area contributed by atoms with Crippen LogP contribution in [0.3, 0.4) is 0 Å². The van der Waals surface area contributed by atoms with E-state index in [4.69, 9.17) is 21.8 Å². The summed E-state index contributed by atoms with van der Waals surface area (Å²) in [6.45, 7) is 0. The Balaban J connectivity index is 3.43. The van der Waals surface area contributed by atoms with E-state index in [0.717, 1.165) is 12.1 Å². The highest BCUT2D eigenvalue weighted by Crippen LogP contribution is 2.34. The quantitative estimate of drug-likeness (QED) is 0.337. The number of phenolic OH excluding ortho intramolecular Hbond substituents is 2. The second-order valence-electron chi connectivity index (χ2n) is 2.39. The minimum Gasteiger partial charge on any atom is -0.504 e. The molecule has 7 heteroatoms. The molecule has 1 aromatic carbocycles. The molecule has 0 bridgehead atoms. The zero-order valence-corrected chi connectivity index (χ0v) is 7.35. The van der Waals surface area contributed by atoms with Gasteiger partial charge >= 0.3 is 0 Å². The smallest absolute Gasteiger partial charge is 0.274 e. The first-order valence-corrected chi connectivity index (χ1v) is 3.71. The number of carbonyl (C=O) groups is 1. The molecule has 0 saturated carbocycles. The highest BCUT2D eigenvalue weighted by Gasteiger charge is 2.19. The number of nitro groups is 1. The van der Waals surface area contributed by atoms with Crippen LogP contribution in [0, 0.1) is 10.1 Å². The Morgan fingerprint density at radius 1 is 1.43 bits per heavy atom. The van der Waals surface area contributed by atoms with Crippen molar-refractivity contribution >= 4 is 22.5 Å². The van der Waals surface area contributed by atoms with Crippen molar-refractivity contribution in [3.8, 4) is 11.5 Å². The molecule has 0 spiro atoms. The largest absolute Gasteiger partial charge is 0.504 e. The number of benzene rings is 1. The highest BCUT2D eigenvalue weighted by molar-refractivity contribution is 6.68. The van der Waals surface area contributed by atoms with Gasteiger partial charge in [0.1, 0.15) is 0 Å². The summed E-state index contributed by atoms with van der Waals surface area (Å²) in [5.41, 5.74) is -1.03. The summed E-state index contributed by atoms with van der Waals surface area (Å²) >= 11 is 5.02. The third kappa shape index (κ3) is 1.74. The molecule has 74 valence electrons. The Morgan fingerprint density at radius 2 is 2.00 bits per heavy atom. The van der Waals surface area contributed by atoms with Crippen molar-refractivity contribution in [2.24, 2.45) is 0 Å². The molecule has 0 heterocycles. The van der Waals surface area contributed by atoms with Gasteiger partial charge in [0.25, 0.3) is 10.9 Å². The van der Waals surface area contributed by atoms with E-state index in [2.05, 4.69) is 0 Å². The molecule has 0 unspecified atom stereocenters. The molecule has 0 aromatic heterocycles. The van der Waals surface area contributed by atoms with E-state index in [1.807, 2.05) is 0 Å². The molecule has 2 N–H and O–H groups in total. The predicted molar refractivity (Wildman–Crippen MR) is 46.6 cm³/mol. The average Bonchev–Trinajstić information content (AvgIpc) is 2.08. The number of carbonyl (C=O) groups excluding carboxylic acids is 1. The number of nitrogens with zero attached hydrogens (tertiary/aromatic N) is 1. The fraction of sp³-hybridized carbons (Fsp3) is 0. The maximum Gasteiger partial charge on any atom is 0.274 e. The highest BCUT2D eigenvalue weighted by atomic mass is 35.5. The van der Waals surface area contributed by atoms with E-state index in [9.17, 15) is 14.9 Å². The van der Waals surface area contributed by atoms with Gasteiger partial charge in [-0.05, 0) is 11.6 Å². The lowest BCUT2D eigenvalue weighted by Gasteiger charge is -2.01. The van der Waals surface area contributed by atoms with Crippen LogP contribution in [0.25, 0.3) is 0 Å². The fourth-order valence-electron chi connectivity index (χ4n) is 0.860. The molecular formula is C7H4ClNO5. The van der Waals surface area contributed by atoms with Gasteiger partial charge in [0.05, 0.1) is 16.6 Å². The van der Waals surface area contributed by atoms with Crippen LogP contribution in [-0.4, -0.2) is 20.4 Å². The van der Waals surface area contributed by atoms with Gasteiger partial charge in [-0.3, -0.25) is 14.9 Å². The van der Waals surface area contributed by atoms with Crippen molar-refractivity contribution in [2.45, 2.75) is 0 Å². The monoisotopic (exact) mass is 217 g/mol. The van der Waals surface area contributed by atoms with Gasteiger partial charge in [-0.15, -0.1) is 0 Å². The summed E-state index contributed by atoms with van der Waals surface area (Å²) in [4.78, 5) is 20.1. The number of rotatable bonds is 2. The van der Waals surface area contributed by atoms with Crippen LogP contribution >= 0.6 is 11.6 Å². The van der Waals surface area contributed by atoms with Crippen molar-refractivity contribution < 1.29 is 19.9 Å². The Kier molecular flexibility index (Phi) is 2.57. The standard InChI is InChI=1S/C7H4ClNO5/c8-7(12)4-1-3(9(13)14)2-5(10)6(4)11/h1-2,10-11H. The Labute approximate surface area is 82.5 Å². The number of nitro benzene ring substituents is 1. The molecule has 14 heavy (non-hydrogen) atoms. The van der Waals surface area contributed by atoms with Crippen LogP contribution in [0.5, 0.6) is 11.5 Å². The number of hydrogen-bond acceptors (Lipinski definition) is 5. The molecular weight excluding hydrogens is 214 g/mol. The molecule has 0 fully saturated rings. The Bertz CT molecular complexity index is 417. The van der Waals surface area contributed by atoms with Crippen molar-refractivity contribution in [3.63, 3.8) is 0 Å². The number of aromatic hydroxyl groups is 2. The van der Waals surface area contributed by atoms with Crippen molar-refractivity contribution in [2.75, 3.05) is 0 Å². The number of phenols is 2. The molecule has 0 aliphatic heterocycles. The molecule has 0 atom stereocenters. The first-order chi connectivity index (χ1) is 6.43. The van der Waals surface area contributed by atoms with Gasteiger partial charge in [-0.1, -0.05) is 0 Å². The van der Waals surface area contributed by atoms with Gasteiger partial charge in [0.15, 0.2) is 11.5 Å². The number of hydrogen-bond donors (Lipinski definition) is 2. The van der Waals surface area contributed by atoms with Gasteiger partial charge in [0, 0.05) is 6.07 Å². The summed E-state index contributed by atoms with van der Waals surface area (Å²) < 4.78 is 0. The second-order valence-corrected chi connectivity index (χ2v) is 2.74. The third-order valence-corrected chi connectivity index (χ3v) is 1.70. The molecule has 6 nitrogen and oxygen atoms in total. The fourth-order valence-corrected chi connectivity index (χ4v) is 1.00. The second kappa shape index (κ2) is 3.51. The molecule has 0 aliphatic rings. The molecule has 0 amide bonds. The van der Waals surface area contributed by atoms with E-state index in [1.54, 1.807) is 0 Å². The van der Waals surface area contributed by atoms with E-state index >= 15 is 0 Å². The molecule has 1 rings (SSSR count). The maximum absolute atomic E-state index is 10.7. The average molecular weight is 218 g/mol. The minimum absolute atomic E-state index is 0.502. The van der Waals surface area contributed by atoms with Crippen LogP contribution < -0.4 is 0 Å². The summed E-state index contributed by atoms with van der Waals surface area (Å²) in [6.07, 6.45) is 0. The lowest BCUT2D eigenvalue weighted by atomic mass is 10.2. The van der Waals surface area contributed by atoms with E-state index in [0.29, 0.717) is 0 Å². The molecule has 1 aromatic rings. The molecule has 0 radical (unpaired) electrons. The normalized spacial score (nSPS) is 9.79. The third-order valence-electron chi connectivity index (χ3n) is 1.50. The van der Waals surface area contributed by atoms with Gasteiger partial charge in [-0.25, -0.2) is 0 Å². The summed E-state index contributed by atoms with van der Waals surface area (Å²) in [6, 6.07) is 1.50. The first-order valence-electron chi connectivity index (χ1n) is 3.33. The van der Waals surface area contributed by atoms with E-state index < -0.39 is 32.9 Å². The van der Waals surface area contributed by atoms with Crippen LogP contribution in [0.1, 0.15) is 10.4 Å². The number of non-ortho nitro benzene ring substituents is 1. The first kappa shape index (κ1) is 10.3. The zero-order valence-electron chi connectivity index (χ0n) is 6.60. The van der Waals surface area contributed by atoms with Gasteiger partial charge < -0.3 is 10.2 Å².